The molecule has 238 valence electrons. The smallest absolute Gasteiger partial charge is 0.410 e. The van der Waals surface area contributed by atoms with Gasteiger partial charge in [-0.05, 0) is 94.5 Å². The fourth-order valence-electron chi connectivity index (χ4n) is 6.79. The van der Waals surface area contributed by atoms with E-state index < -0.39 is 35.2 Å². The Kier molecular flexibility index (Phi) is 8.50. The molecule has 0 spiro atoms. The van der Waals surface area contributed by atoms with Crippen LogP contribution in [0.25, 0.3) is 0 Å². The number of hydrogen-bond donors (Lipinski definition) is 1. The normalized spacial score (nSPS) is 27.8. The molecule has 1 heterocycles. The molecule has 2 unspecified atom stereocenters. The number of ether oxygens (including phenoxy) is 4. The topological polar surface area (TPSA) is 97.8 Å². The van der Waals surface area contributed by atoms with Gasteiger partial charge in [0.15, 0.2) is 17.3 Å². The van der Waals surface area contributed by atoms with E-state index in [1.54, 1.807) is 48.9 Å². The van der Waals surface area contributed by atoms with Crippen molar-refractivity contribution in [3.8, 4) is 11.5 Å². The Morgan fingerprint density at radius 2 is 1.84 bits per heavy atom. The van der Waals surface area contributed by atoms with Crippen LogP contribution in [0.4, 0.5) is 4.79 Å². The van der Waals surface area contributed by atoms with E-state index in [0.29, 0.717) is 24.3 Å². The second kappa shape index (κ2) is 11.7. The van der Waals surface area contributed by atoms with Gasteiger partial charge in [-0.3, -0.25) is 9.69 Å². The lowest BCUT2D eigenvalue weighted by Crippen LogP contribution is -2.59. The molecule has 0 saturated heterocycles. The molecule has 2 aromatic carbocycles. The molecule has 44 heavy (non-hydrogen) atoms. The van der Waals surface area contributed by atoms with Crippen LogP contribution in [-0.4, -0.2) is 77.2 Å². The minimum atomic E-state index is -1.74. The zero-order valence-electron chi connectivity index (χ0n) is 27.0. The summed E-state index contributed by atoms with van der Waals surface area (Å²) in [5.41, 5.74) is 0.122. The Morgan fingerprint density at radius 3 is 2.48 bits per heavy atom. The number of likely N-dealkylation sites (N-methyl/N-ethyl adjacent to an activating group) is 2. The van der Waals surface area contributed by atoms with Crippen molar-refractivity contribution in [2.45, 2.75) is 95.5 Å². The third-order valence-electron chi connectivity index (χ3n) is 9.25. The maximum absolute atomic E-state index is 14.6. The molecule has 1 aliphatic heterocycles. The summed E-state index contributed by atoms with van der Waals surface area (Å²) in [4.78, 5) is 30.9. The largest absolute Gasteiger partial charge is 0.493 e. The second-order valence-electron chi connectivity index (χ2n) is 13.8. The highest BCUT2D eigenvalue weighted by atomic mass is 16.6. The Balaban J connectivity index is 1.56. The number of nitrogens with zero attached hydrogens (tertiary/aromatic N) is 2. The number of rotatable bonds is 6. The van der Waals surface area contributed by atoms with Gasteiger partial charge in [-0.1, -0.05) is 42.5 Å². The number of carbonyl (C=O) groups is 2. The molecule has 2 aromatic rings. The highest BCUT2D eigenvalue weighted by Crippen LogP contribution is 2.57. The van der Waals surface area contributed by atoms with Crippen molar-refractivity contribution in [2.24, 2.45) is 5.41 Å². The van der Waals surface area contributed by atoms with Gasteiger partial charge in [-0.15, -0.1) is 0 Å². The van der Waals surface area contributed by atoms with Gasteiger partial charge in [-0.2, -0.15) is 0 Å². The molecule has 1 fully saturated rings. The van der Waals surface area contributed by atoms with Crippen LogP contribution in [0.2, 0.25) is 0 Å². The van der Waals surface area contributed by atoms with Gasteiger partial charge >= 0.3 is 6.09 Å². The molecule has 5 atom stereocenters. The van der Waals surface area contributed by atoms with Crippen LogP contribution in [0, 0.1) is 5.41 Å². The van der Waals surface area contributed by atoms with E-state index in [4.69, 9.17) is 18.9 Å². The number of fused-ring (bicyclic) bond motifs is 2. The predicted octanol–water partition coefficient (Wildman–Crippen LogP) is 5.49. The maximum atomic E-state index is 14.6. The Bertz CT molecular complexity index is 1400. The first kappa shape index (κ1) is 31.9. The minimum Gasteiger partial charge on any atom is -0.493 e. The monoisotopic (exact) mass is 606 g/mol. The highest BCUT2D eigenvalue weighted by molar-refractivity contribution is 5.86. The van der Waals surface area contributed by atoms with E-state index in [-0.39, 0.29) is 24.3 Å². The summed E-state index contributed by atoms with van der Waals surface area (Å²) in [6.07, 6.45) is 6.62. The average Bonchev–Trinajstić information content (AvgIpc) is 3.51. The van der Waals surface area contributed by atoms with E-state index in [2.05, 4.69) is 12.2 Å². The third kappa shape index (κ3) is 6.59. The summed E-state index contributed by atoms with van der Waals surface area (Å²) in [6, 6.07) is 13.6. The first-order valence-electron chi connectivity index (χ1n) is 15.3. The number of amides is 2. The fraction of sp³-hybridized carbons (Fsp3) is 0.543. The van der Waals surface area contributed by atoms with E-state index in [9.17, 15) is 14.7 Å². The van der Waals surface area contributed by atoms with Crippen LogP contribution >= 0.6 is 0 Å². The van der Waals surface area contributed by atoms with Crippen molar-refractivity contribution in [3.63, 3.8) is 0 Å². The standard InChI is InChI=1S/C35H46N2O7/c1-32(2,3)44-31(39)36(5)26-21-34-15-17-35(23-34,18-16-34)43-28-19-25(13-14-27(28)41-7)20-29(37(6)30(26)38)33(4,40)42-22-24-11-9-8-10-12-24/h8-15,17,19,26,29,40H,16,18,20-23H2,1-7H3/t26-,29-,33?,34+,35?/m0/s1. The Morgan fingerprint density at radius 1 is 1.11 bits per heavy atom. The number of carbonyl (C=O) groups excluding carboxylic acids is 2. The van der Waals surface area contributed by atoms with Gasteiger partial charge in [0.1, 0.15) is 17.2 Å². The molecule has 5 rings (SSSR count). The second-order valence-corrected chi connectivity index (χ2v) is 13.8. The summed E-state index contributed by atoms with van der Waals surface area (Å²) in [5, 5.41) is 11.9. The number of benzene rings is 2. The lowest BCUT2D eigenvalue weighted by Gasteiger charge is -2.42. The zero-order valence-corrected chi connectivity index (χ0v) is 27.0. The molecule has 0 radical (unpaired) electrons. The quantitative estimate of drug-likeness (QED) is 0.343. The summed E-state index contributed by atoms with van der Waals surface area (Å²) >= 11 is 0. The van der Waals surface area contributed by atoms with Gasteiger partial charge in [0, 0.05) is 14.1 Å². The van der Waals surface area contributed by atoms with Crippen LogP contribution in [-0.2, 0) is 27.3 Å². The van der Waals surface area contributed by atoms with E-state index >= 15 is 0 Å². The van der Waals surface area contributed by atoms with Crippen molar-refractivity contribution in [1.82, 2.24) is 9.80 Å². The Labute approximate surface area is 260 Å². The summed E-state index contributed by atoms with van der Waals surface area (Å²) in [5.74, 6) is -0.809. The lowest BCUT2D eigenvalue weighted by molar-refractivity contribution is -0.233. The molecular formula is C35H46N2O7. The van der Waals surface area contributed by atoms with Crippen LogP contribution in [0.5, 0.6) is 11.5 Å². The average molecular weight is 607 g/mol. The van der Waals surface area contributed by atoms with Gasteiger partial charge < -0.3 is 29.0 Å². The molecule has 0 aromatic heterocycles. The van der Waals surface area contributed by atoms with Gasteiger partial charge in [-0.25, -0.2) is 4.79 Å². The first-order valence-corrected chi connectivity index (χ1v) is 15.3. The van der Waals surface area contributed by atoms with Crippen LogP contribution < -0.4 is 9.47 Å². The molecule has 3 aliphatic rings. The summed E-state index contributed by atoms with van der Waals surface area (Å²) < 4.78 is 24.2. The van der Waals surface area contributed by atoms with Crippen LogP contribution in [0.15, 0.2) is 60.7 Å². The molecule has 1 saturated carbocycles. The molecular weight excluding hydrogens is 560 g/mol. The number of aliphatic hydroxyl groups is 1. The van der Waals surface area contributed by atoms with E-state index in [1.165, 1.54) is 9.80 Å². The van der Waals surface area contributed by atoms with E-state index in [0.717, 1.165) is 24.0 Å². The molecule has 9 heteroatoms. The molecule has 9 nitrogen and oxygen atoms in total. The number of methoxy groups -OCH3 is 1. The SMILES string of the molecule is COc1ccc2cc1OC13C=C[C@@](CC1)(C[C@H](N(C)C(=O)OC(C)(C)C)C(=O)N(C)[C@H](C(C)(O)OCc1ccccc1)C2)C3. The van der Waals surface area contributed by atoms with Crippen molar-refractivity contribution in [2.75, 3.05) is 21.2 Å². The first-order chi connectivity index (χ1) is 20.6. The van der Waals surface area contributed by atoms with Crippen LogP contribution in [0.1, 0.15) is 64.5 Å². The van der Waals surface area contributed by atoms with Crippen molar-refractivity contribution < 1.29 is 33.6 Å². The molecule has 2 amide bonds. The number of hydrogen-bond acceptors (Lipinski definition) is 7. The van der Waals surface area contributed by atoms with Crippen LogP contribution in [0.3, 0.4) is 0 Å². The van der Waals surface area contributed by atoms with Crippen molar-refractivity contribution in [3.05, 3.63) is 71.8 Å². The summed E-state index contributed by atoms with van der Waals surface area (Å²) in [6.45, 7) is 7.15. The number of allylic oxidation sites excluding steroid dienone is 1. The molecule has 2 aliphatic carbocycles. The summed E-state index contributed by atoms with van der Waals surface area (Å²) in [7, 11) is 4.90. The maximum Gasteiger partial charge on any atom is 0.410 e. The fourth-order valence-corrected chi connectivity index (χ4v) is 6.79. The van der Waals surface area contributed by atoms with Crippen molar-refractivity contribution >= 4 is 12.0 Å². The predicted molar refractivity (Wildman–Crippen MR) is 166 cm³/mol. The lowest BCUT2D eigenvalue weighted by atomic mass is 9.80. The van der Waals surface area contributed by atoms with Crippen molar-refractivity contribution in [1.29, 1.82) is 0 Å². The third-order valence-corrected chi connectivity index (χ3v) is 9.25. The van der Waals surface area contributed by atoms with E-state index in [1.807, 2.05) is 48.5 Å². The Hall–Kier alpha value is -3.56. The zero-order chi connectivity index (χ0) is 31.9. The van der Waals surface area contributed by atoms with Gasteiger partial charge in [0.05, 0.1) is 19.8 Å². The molecule has 4 bridgehead atoms. The molecule has 1 N–H and O–H groups in total. The minimum absolute atomic E-state index is 0.154. The highest BCUT2D eigenvalue weighted by Gasteiger charge is 2.55. The van der Waals surface area contributed by atoms with Gasteiger partial charge in [0.25, 0.3) is 0 Å². The van der Waals surface area contributed by atoms with Gasteiger partial charge in [0.2, 0.25) is 5.91 Å².